The lowest BCUT2D eigenvalue weighted by atomic mass is 10.0. The van der Waals surface area contributed by atoms with Crippen LogP contribution in [0, 0.1) is 6.92 Å². The SMILES string of the molecule is Cc1nn(CC(=O)Nc2c(C(N)=O)sc3nc(C(F)(F)F)cc(-c4ccccc4)c23)cc1Cl. The molecule has 0 bridgehead atoms. The number of alkyl halides is 3. The van der Waals surface area contributed by atoms with Gasteiger partial charge in [0.25, 0.3) is 5.91 Å². The number of nitrogens with zero attached hydrogens (tertiary/aromatic N) is 3. The van der Waals surface area contributed by atoms with Gasteiger partial charge in [0.15, 0.2) is 0 Å². The molecule has 0 saturated heterocycles. The second-order valence-electron chi connectivity index (χ2n) is 7.08. The molecule has 0 aliphatic carbocycles. The summed E-state index contributed by atoms with van der Waals surface area (Å²) in [6, 6.07) is 9.18. The maximum atomic E-state index is 13.5. The Morgan fingerprint density at radius 2 is 1.94 bits per heavy atom. The summed E-state index contributed by atoms with van der Waals surface area (Å²) < 4.78 is 41.9. The van der Waals surface area contributed by atoms with Gasteiger partial charge in [0.1, 0.15) is 21.9 Å². The maximum Gasteiger partial charge on any atom is 0.433 e. The number of carbonyl (C=O) groups is 2. The number of halogens is 4. The molecule has 0 unspecified atom stereocenters. The molecule has 3 N–H and O–H groups in total. The van der Waals surface area contributed by atoms with Gasteiger partial charge in [0.2, 0.25) is 5.91 Å². The minimum atomic E-state index is -4.71. The number of nitrogens with two attached hydrogens (primary N) is 1. The molecule has 0 aliphatic rings. The van der Waals surface area contributed by atoms with Crippen molar-refractivity contribution in [1.29, 1.82) is 0 Å². The average Bonchev–Trinajstić information content (AvgIpc) is 3.26. The van der Waals surface area contributed by atoms with Crippen LogP contribution in [0.4, 0.5) is 18.9 Å². The highest BCUT2D eigenvalue weighted by Gasteiger charge is 2.35. The number of carbonyl (C=O) groups excluding carboxylic acids is 2. The van der Waals surface area contributed by atoms with E-state index in [1.54, 1.807) is 37.3 Å². The zero-order valence-electron chi connectivity index (χ0n) is 16.9. The van der Waals surface area contributed by atoms with Crippen LogP contribution >= 0.6 is 22.9 Å². The molecule has 2 amide bonds. The van der Waals surface area contributed by atoms with Crippen LogP contribution in [0.2, 0.25) is 5.02 Å². The van der Waals surface area contributed by atoms with Crippen LogP contribution < -0.4 is 11.1 Å². The van der Waals surface area contributed by atoms with Crippen molar-refractivity contribution in [2.45, 2.75) is 19.6 Å². The van der Waals surface area contributed by atoms with Gasteiger partial charge in [-0.15, -0.1) is 11.3 Å². The van der Waals surface area contributed by atoms with E-state index in [1.807, 2.05) is 0 Å². The van der Waals surface area contributed by atoms with Gasteiger partial charge in [-0.3, -0.25) is 14.3 Å². The Labute approximate surface area is 194 Å². The second-order valence-corrected chi connectivity index (χ2v) is 8.48. The number of aryl methyl sites for hydroxylation is 1. The molecule has 1 aromatic carbocycles. The predicted octanol–water partition coefficient (Wildman–Crippen LogP) is 4.88. The lowest BCUT2D eigenvalue weighted by Crippen LogP contribution is -2.21. The Hall–Kier alpha value is -3.44. The molecular formula is C21H15ClF3N5O2S. The predicted molar refractivity (Wildman–Crippen MR) is 119 cm³/mol. The summed E-state index contributed by atoms with van der Waals surface area (Å²) in [5.74, 6) is -1.48. The molecule has 0 atom stereocenters. The number of nitrogens with one attached hydrogen (secondary N) is 1. The van der Waals surface area contributed by atoms with Crippen LogP contribution in [-0.2, 0) is 17.5 Å². The standard InChI is InChI=1S/C21H15ClF3N5O2S/c1-10-13(22)8-30(29-10)9-15(31)28-17-16-12(11-5-3-2-4-6-11)7-14(21(23,24)25)27-20(16)33-18(17)19(26)32/h2-8H,9H2,1H3,(H2,26,32)(H,28,31). The fraction of sp³-hybridized carbons (Fsp3) is 0.143. The van der Waals surface area contributed by atoms with Crippen LogP contribution in [0.25, 0.3) is 21.3 Å². The van der Waals surface area contributed by atoms with Crippen LogP contribution in [0.1, 0.15) is 21.1 Å². The maximum absolute atomic E-state index is 13.5. The molecule has 0 spiro atoms. The van der Waals surface area contributed by atoms with E-state index in [4.69, 9.17) is 17.3 Å². The molecule has 0 fully saturated rings. The number of anilines is 1. The first-order valence-electron chi connectivity index (χ1n) is 9.44. The van der Waals surface area contributed by atoms with E-state index in [-0.39, 0.29) is 32.9 Å². The van der Waals surface area contributed by atoms with Crippen molar-refractivity contribution in [2.75, 3.05) is 5.32 Å². The van der Waals surface area contributed by atoms with Gasteiger partial charge in [-0.05, 0) is 24.1 Å². The Morgan fingerprint density at radius 1 is 1.24 bits per heavy atom. The Morgan fingerprint density at radius 3 is 2.52 bits per heavy atom. The minimum Gasteiger partial charge on any atom is -0.365 e. The number of amides is 2. The number of hydrogen-bond acceptors (Lipinski definition) is 5. The molecule has 0 saturated carbocycles. The molecule has 3 aromatic heterocycles. The van der Waals surface area contributed by atoms with Crippen LogP contribution in [0.3, 0.4) is 0 Å². The lowest BCUT2D eigenvalue weighted by molar-refractivity contribution is -0.140. The Bertz CT molecular complexity index is 1360. The number of rotatable bonds is 5. The van der Waals surface area contributed by atoms with Crippen molar-refractivity contribution < 1.29 is 22.8 Å². The molecule has 4 rings (SSSR count). The number of fused-ring (bicyclic) bond motifs is 1. The van der Waals surface area contributed by atoms with E-state index in [2.05, 4.69) is 15.4 Å². The lowest BCUT2D eigenvalue weighted by Gasteiger charge is -2.12. The number of hydrogen-bond donors (Lipinski definition) is 2. The molecule has 170 valence electrons. The first kappa shape index (κ1) is 22.7. The quantitative estimate of drug-likeness (QED) is 0.413. The molecule has 12 heteroatoms. The fourth-order valence-electron chi connectivity index (χ4n) is 3.28. The van der Waals surface area contributed by atoms with Gasteiger partial charge in [0, 0.05) is 11.6 Å². The summed E-state index contributed by atoms with van der Waals surface area (Å²) in [6.07, 6.45) is -3.25. The van der Waals surface area contributed by atoms with Crippen LogP contribution in [0.5, 0.6) is 0 Å². The first-order chi connectivity index (χ1) is 15.5. The smallest absolute Gasteiger partial charge is 0.365 e. The largest absolute Gasteiger partial charge is 0.433 e. The minimum absolute atomic E-state index is 0.00236. The van der Waals surface area contributed by atoms with E-state index in [9.17, 15) is 22.8 Å². The van der Waals surface area contributed by atoms with E-state index < -0.39 is 23.7 Å². The topological polar surface area (TPSA) is 103 Å². The summed E-state index contributed by atoms with van der Waals surface area (Å²) in [5, 5.41) is 7.27. The zero-order chi connectivity index (χ0) is 23.9. The summed E-state index contributed by atoms with van der Waals surface area (Å²) in [5.41, 5.74) is 5.50. The molecule has 0 radical (unpaired) electrons. The van der Waals surface area contributed by atoms with Gasteiger partial charge >= 0.3 is 6.18 Å². The summed E-state index contributed by atoms with van der Waals surface area (Å²) >= 11 is 6.65. The Balaban J connectivity index is 1.88. The normalized spacial score (nSPS) is 11.7. The molecule has 3 heterocycles. The van der Waals surface area contributed by atoms with Gasteiger partial charge in [-0.2, -0.15) is 18.3 Å². The molecule has 33 heavy (non-hydrogen) atoms. The van der Waals surface area contributed by atoms with Crippen molar-refractivity contribution in [2.24, 2.45) is 5.73 Å². The zero-order valence-corrected chi connectivity index (χ0v) is 18.5. The molecule has 4 aromatic rings. The summed E-state index contributed by atoms with van der Waals surface area (Å²) in [7, 11) is 0. The van der Waals surface area contributed by atoms with Crippen molar-refractivity contribution in [1.82, 2.24) is 14.8 Å². The average molecular weight is 494 g/mol. The molecular weight excluding hydrogens is 479 g/mol. The van der Waals surface area contributed by atoms with Gasteiger partial charge in [0.05, 0.1) is 16.4 Å². The Kier molecular flexibility index (Phi) is 5.85. The molecule has 7 nitrogen and oxygen atoms in total. The van der Waals surface area contributed by atoms with Crippen LogP contribution in [-0.4, -0.2) is 26.6 Å². The molecule has 0 aliphatic heterocycles. The second kappa shape index (κ2) is 8.49. The fourth-order valence-corrected chi connectivity index (χ4v) is 4.44. The van der Waals surface area contributed by atoms with Gasteiger partial charge in [-0.1, -0.05) is 41.9 Å². The van der Waals surface area contributed by atoms with E-state index in [1.165, 1.54) is 10.9 Å². The highest BCUT2D eigenvalue weighted by atomic mass is 35.5. The van der Waals surface area contributed by atoms with Crippen LogP contribution in [0.15, 0.2) is 42.6 Å². The third kappa shape index (κ3) is 4.55. The monoisotopic (exact) mass is 493 g/mol. The third-order valence-corrected chi connectivity index (χ3v) is 6.19. The number of benzene rings is 1. The van der Waals surface area contributed by atoms with Gasteiger partial charge in [-0.25, -0.2) is 4.98 Å². The van der Waals surface area contributed by atoms with Crippen molar-refractivity contribution in [3.05, 3.63) is 63.9 Å². The number of primary amides is 1. The summed E-state index contributed by atoms with van der Waals surface area (Å²) in [4.78, 5) is 28.3. The highest BCUT2D eigenvalue weighted by molar-refractivity contribution is 7.21. The first-order valence-corrected chi connectivity index (χ1v) is 10.6. The van der Waals surface area contributed by atoms with Crippen molar-refractivity contribution in [3.63, 3.8) is 0 Å². The van der Waals surface area contributed by atoms with Gasteiger partial charge < -0.3 is 11.1 Å². The number of aromatic nitrogens is 3. The van der Waals surface area contributed by atoms with E-state index >= 15 is 0 Å². The summed E-state index contributed by atoms with van der Waals surface area (Å²) in [6.45, 7) is 1.43. The van der Waals surface area contributed by atoms with E-state index in [0.29, 0.717) is 27.6 Å². The van der Waals surface area contributed by atoms with E-state index in [0.717, 1.165) is 6.07 Å². The van der Waals surface area contributed by atoms with Crippen molar-refractivity contribution in [3.8, 4) is 11.1 Å². The number of thiophene rings is 1. The third-order valence-electron chi connectivity index (χ3n) is 4.72. The number of pyridine rings is 1. The van der Waals surface area contributed by atoms with Crippen molar-refractivity contribution >= 4 is 50.7 Å². The highest BCUT2D eigenvalue weighted by Crippen LogP contribution is 2.43.